The van der Waals surface area contributed by atoms with Crippen LogP contribution in [0.15, 0.2) is 42.7 Å². The third-order valence-corrected chi connectivity index (χ3v) is 4.79. The van der Waals surface area contributed by atoms with Crippen LogP contribution in [-0.4, -0.2) is 4.57 Å². The van der Waals surface area contributed by atoms with E-state index in [1.165, 1.54) is 75.7 Å². The highest BCUT2D eigenvalue weighted by molar-refractivity contribution is 5.15. The van der Waals surface area contributed by atoms with Gasteiger partial charge in [-0.3, -0.25) is 0 Å². The van der Waals surface area contributed by atoms with E-state index in [1.54, 1.807) is 0 Å². The lowest BCUT2D eigenvalue weighted by Crippen LogP contribution is -2.37. The number of aromatic nitrogens is 2. The van der Waals surface area contributed by atoms with Crippen molar-refractivity contribution in [2.24, 2.45) is 0 Å². The number of nitrogens with zero attached hydrogens (tertiary/aromatic N) is 2. The van der Waals surface area contributed by atoms with Gasteiger partial charge >= 0.3 is 0 Å². The molecule has 1 aromatic heterocycles. The van der Waals surface area contributed by atoms with Gasteiger partial charge in [-0.15, -0.1) is 0 Å². The summed E-state index contributed by atoms with van der Waals surface area (Å²) >= 11 is 0. The van der Waals surface area contributed by atoms with Crippen LogP contribution >= 0.6 is 0 Å². The van der Waals surface area contributed by atoms with Gasteiger partial charge < -0.3 is 0 Å². The molecule has 0 fully saturated rings. The van der Waals surface area contributed by atoms with E-state index in [0.29, 0.717) is 0 Å². The Morgan fingerprint density at radius 3 is 2.29 bits per heavy atom. The van der Waals surface area contributed by atoms with Crippen LogP contribution < -0.4 is 4.57 Å². The summed E-state index contributed by atoms with van der Waals surface area (Å²) in [5, 5.41) is 0. The molecule has 1 heterocycles. The number of aryl methyl sites for hydroxylation is 1. The Kier molecular flexibility index (Phi) is 8.65. The zero-order valence-electron chi connectivity index (χ0n) is 15.7. The van der Waals surface area contributed by atoms with Crippen molar-refractivity contribution in [3.05, 3.63) is 54.1 Å². The minimum absolute atomic E-state index is 0.989. The molecule has 0 saturated heterocycles. The lowest BCUT2D eigenvalue weighted by Gasteiger charge is -2.06. The minimum atomic E-state index is 0.989. The van der Waals surface area contributed by atoms with Crippen LogP contribution in [0.25, 0.3) is 0 Å². The van der Waals surface area contributed by atoms with Crippen LogP contribution in [0, 0.1) is 0 Å². The fraction of sp³-hybridized carbons (Fsp3) is 0.591. The molecule has 0 radical (unpaired) electrons. The first-order valence-electron chi connectivity index (χ1n) is 9.96. The number of hydrogen-bond acceptors (Lipinski definition) is 0. The van der Waals surface area contributed by atoms with Gasteiger partial charge in [-0.2, -0.15) is 0 Å². The van der Waals surface area contributed by atoms with Gasteiger partial charge in [0.2, 0.25) is 0 Å². The number of rotatable bonds is 12. The minimum Gasteiger partial charge on any atom is -0.234 e. The Bertz CT molecular complexity index is 557. The van der Waals surface area contributed by atoms with Crippen molar-refractivity contribution < 1.29 is 4.57 Å². The Labute approximate surface area is 148 Å². The summed E-state index contributed by atoms with van der Waals surface area (Å²) in [5.41, 5.74) is 1.39. The third kappa shape index (κ3) is 6.14. The first kappa shape index (κ1) is 18.8. The smallest absolute Gasteiger partial charge is 0.234 e. The van der Waals surface area contributed by atoms with Gasteiger partial charge in [-0.05, 0) is 24.8 Å². The summed E-state index contributed by atoms with van der Waals surface area (Å²) < 4.78 is 4.94. The van der Waals surface area contributed by atoms with Crippen molar-refractivity contribution in [3.63, 3.8) is 0 Å². The molecular weight excluding hydrogens is 292 g/mol. The van der Waals surface area contributed by atoms with E-state index >= 15 is 0 Å². The van der Waals surface area contributed by atoms with Crippen LogP contribution in [0.5, 0.6) is 0 Å². The molecule has 0 N–H and O–H groups in total. The van der Waals surface area contributed by atoms with Crippen LogP contribution in [0.1, 0.15) is 76.6 Å². The first-order chi connectivity index (χ1) is 11.8. The summed E-state index contributed by atoms with van der Waals surface area (Å²) in [6, 6.07) is 10.8. The second-order valence-electron chi connectivity index (χ2n) is 6.89. The van der Waals surface area contributed by atoms with Crippen molar-refractivity contribution in [1.29, 1.82) is 0 Å². The average Bonchev–Trinajstić information content (AvgIpc) is 2.98. The monoisotopic (exact) mass is 327 g/mol. The number of imidazole rings is 1. The standard InChI is InChI=1S/C22H35N2/c1-3-5-7-8-9-13-17-23-18-19-24(22(23)16-6-4-2)20-21-14-11-10-12-15-21/h10-12,14-15,18-19H,3-9,13,16-17,20H2,1-2H3/q+1. The SMILES string of the molecule is CCCCCCCC[n+]1ccn(Cc2ccccc2)c1CCCC. The van der Waals surface area contributed by atoms with Gasteiger partial charge in [0.1, 0.15) is 18.9 Å². The van der Waals surface area contributed by atoms with Crippen LogP contribution in [0.2, 0.25) is 0 Å². The number of benzene rings is 1. The van der Waals surface area contributed by atoms with Gasteiger partial charge in [0.15, 0.2) is 0 Å². The first-order valence-corrected chi connectivity index (χ1v) is 9.96. The Balaban J connectivity index is 1.94. The zero-order chi connectivity index (χ0) is 17.0. The maximum Gasteiger partial charge on any atom is 0.256 e. The maximum absolute atomic E-state index is 2.50. The fourth-order valence-corrected chi connectivity index (χ4v) is 3.31. The normalized spacial score (nSPS) is 11.1. The molecule has 24 heavy (non-hydrogen) atoms. The Morgan fingerprint density at radius 1 is 0.833 bits per heavy atom. The summed E-state index contributed by atoms with van der Waals surface area (Å²) in [6.07, 6.45) is 16.5. The maximum atomic E-state index is 2.50. The summed E-state index contributed by atoms with van der Waals surface area (Å²) in [5.74, 6) is 1.49. The van der Waals surface area contributed by atoms with E-state index in [4.69, 9.17) is 0 Å². The van der Waals surface area contributed by atoms with E-state index < -0.39 is 0 Å². The van der Waals surface area contributed by atoms with Crippen molar-refractivity contribution in [2.75, 3.05) is 0 Å². The van der Waals surface area contributed by atoms with Gasteiger partial charge in [-0.1, -0.05) is 76.3 Å². The van der Waals surface area contributed by atoms with E-state index in [2.05, 4.69) is 65.7 Å². The highest BCUT2D eigenvalue weighted by atomic mass is 15.1. The number of hydrogen-bond donors (Lipinski definition) is 0. The van der Waals surface area contributed by atoms with Crippen LogP contribution in [0.4, 0.5) is 0 Å². The van der Waals surface area contributed by atoms with E-state index in [-0.39, 0.29) is 0 Å². The second kappa shape index (κ2) is 11.1. The molecule has 2 nitrogen and oxygen atoms in total. The highest BCUT2D eigenvalue weighted by Crippen LogP contribution is 2.09. The third-order valence-electron chi connectivity index (χ3n) is 4.79. The molecule has 0 bridgehead atoms. The van der Waals surface area contributed by atoms with Crippen LogP contribution in [-0.2, 0) is 19.5 Å². The van der Waals surface area contributed by atoms with E-state index in [1.807, 2.05) is 0 Å². The molecule has 0 atom stereocenters. The summed E-state index contributed by atoms with van der Waals surface area (Å²) in [6.45, 7) is 6.73. The van der Waals surface area contributed by atoms with Gasteiger partial charge in [0.05, 0.1) is 6.54 Å². The number of unbranched alkanes of at least 4 members (excludes halogenated alkanes) is 6. The highest BCUT2D eigenvalue weighted by Gasteiger charge is 2.16. The predicted molar refractivity (Wildman–Crippen MR) is 102 cm³/mol. The summed E-state index contributed by atoms with van der Waals surface area (Å²) in [7, 11) is 0. The fourth-order valence-electron chi connectivity index (χ4n) is 3.31. The van der Waals surface area contributed by atoms with E-state index in [0.717, 1.165) is 6.54 Å². The van der Waals surface area contributed by atoms with E-state index in [9.17, 15) is 0 Å². The second-order valence-corrected chi connectivity index (χ2v) is 6.89. The van der Waals surface area contributed by atoms with Gasteiger partial charge in [0, 0.05) is 6.42 Å². The Morgan fingerprint density at radius 2 is 1.54 bits per heavy atom. The predicted octanol–water partition coefficient (Wildman–Crippen LogP) is 5.53. The molecule has 0 spiro atoms. The molecule has 0 unspecified atom stereocenters. The largest absolute Gasteiger partial charge is 0.256 e. The topological polar surface area (TPSA) is 8.81 Å². The lowest BCUT2D eigenvalue weighted by atomic mass is 10.1. The average molecular weight is 328 g/mol. The molecule has 2 heteroatoms. The molecule has 0 aliphatic heterocycles. The van der Waals surface area contributed by atoms with Crippen molar-refractivity contribution in [1.82, 2.24) is 4.57 Å². The summed E-state index contributed by atoms with van der Waals surface area (Å²) in [4.78, 5) is 0. The van der Waals surface area contributed by atoms with Crippen molar-refractivity contribution in [3.8, 4) is 0 Å². The molecule has 2 rings (SSSR count). The molecule has 2 aromatic rings. The molecule has 0 aliphatic carbocycles. The zero-order valence-corrected chi connectivity index (χ0v) is 15.7. The molecule has 1 aromatic carbocycles. The van der Waals surface area contributed by atoms with Gasteiger partial charge in [-0.25, -0.2) is 9.13 Å². The Hall–Kier alpha value is -1.57. The van der Waals surface area contributed by atoms with Crippen molar-refractivity contribution >= 4 is 0 Å². The molecule has 0 saturated carbocycles. The van der Waals surface area contributed by atoms with Crippen molar-refractivity contribution in [2.45, 2.75) is 84.7 Å². The van der Waals surface area contributed by atoms with Gasteiger partial charge in [0.25, 0.3) is 5.82 Å². The molecule has 132 valence electrons. The van der Waals surface area contributed by atoms with Crippen LogP contribution in [0.3, 0.4) is 0 Å². The quantitative estimate of drug-likeness (QED) is 0.358. The molecule has 0 aliphatic rings. The lowest BCUT2D eigenvalue weighted by molar-refractivity contribution is -0.704. The molecule has 0 amide bonds. The molecular formula is C22H35N2+.